The van der Waals surface area contributed by atoms with Crippen LogP contribution in [0, 0.1) is 0 Å². The Hall–Kier alpha value is -1.97. The second-order valence-electron chi connectivity index (χ2n) is 5.18. The van der Waals surface area contributed by atoms with Crippen molar-refractivity contribution < 1.29 is 19.4 Å². The van der Waals surface area contributed by atoms with E-state index in [0.29, 0.717) is 16.9 Å². The zero-order valence-corrected chi connectivity index (χ0v) is 10.7. The molecule has 1 aromatic rings. The largest absolute Gasteiger partial charge is 0.508 e. The fraction of sp³-hybridized carbons (Fsp3) is 0.357. The van der Waals surface area contributed by atoms with E-state index in [1.54, 1.807) is 24.3 Å². The van der Waals surface area contributed by atoms with E-state index in [-0.39, 0.29) is 12.4 Å². The highest BCUT2D eigenvalue weighted by atomic mass is 16.6. The molecule has 0 aliphatic carbocycles. The van der Waals surface area contributed by atoms with Crippen molar-refractivity contribution in [3.05, 3.63) is 29.3 Å². The maximum atomic E-state index is 11.9. The normalized spacial score (nSPS) is 14.3. The van der Waals surface area contributed by atoms with Gasteiger partial charge in [0.2, 0.25) is 0 Å². The van der Waals surface area contributed by atoms with E-state index in [0.717, 1.165) is 0 Å². The summed E-state index contributed by atoms with van der Waals surface area (Å²) in [5.74, 6) is 0.399. The van der Waals surface area contributed by atoms with Gasteiger partial charge in [0, 0.05) is 5.56 Å². The monoisotopic (exact) mass is 248 g/mol. The minimum absolute atomic E-state index is 0.138. The predicted octanol–water partition coefficient (Wildman–Crippen LogP) is 2.51. The van der Waals surface area contributed by atoms with Gasteiger partial charge in [-0.25, -0.2) is 4.79 Å². The van der Waals surface area contributed by atoms with E-state index in [1.165, 1.54) is 0 Å². The standard InChI is InChI=1S/C14H16O4/c1-14(2,3)18-13(16)10-6-9-7-11(15)4-5-12(9)17-8-10/h4-7,15H,8H2,1-3H3. The van der Waals surface area contributed by atoms with Gasteiger partial charge in [-0.05, 0) is 45.0 Å². The van der Waals surface area contributed by atoms with Crippen molar-refractivity contribution in [2.45, 2.75) is 26.4 Å². The van der Waals surface area contributed by atoms with Crippen LogP contribution in [-0.4, -0.2) is 23.3 Å². The zero-order valence-electron chi connectivity index (χ0n) is 10.7. The van der Waals surface area contributed by atoms with Crippen LogP contribution in [0.15, 0.2) is 23.8 Å². The Balaban J connectivity index is 2.24. The second-order valence-corrected chi connectivity index (χ2v) is 5.18. The molecule has 96 valence electrons. The van der Waals surface area contributed by atoms with Crippen molar-refractivity contribution in [3.63, 3.8) is 0 Å². The summed E-state index contributed by atoms with van der Waals surface area (Å²) < 4.78 is 10.7. The lowest BCUT2D eigenvalue weighted by molar-refractivity contribution is -0.150. The van der Waals surface area contributed by atoms with Gasteiger partial charge in [0.15, 0.2) is 0 Å². The summed E-state index contributed by atoms with van der Waals surface area (Å²) in [5, 5.41) is 9.40. The number of esters is 1. The molecule has 0 aromatic heterocycles. The molecule has 0 bridgehead atoms. The highest BCUT2D eigenvalue weighted by Gasteiger charge is 2.23. The second kappa shape index (κ2) is 4.37. The molecule has 2 rings (SSSR count). The number of rotatable bonds is 1. The number of phenolic OH excluding ortho intramolecular Hbond substituents is 1. The van der Waals surface area contributed by atoms with Crippen LogP contribution in [0.5, 0.6) is 11.5 Å². The van der Waals surface area contributed by atoms with E-state index in [9.17, 15) is 9.90 Å². The lowest BCUT2D eigenvalue weighted by Crippen LogP contribution is -2.27. The number of carbonyl (C=O) groups excluding carboxylic acids is 1. The van der Waals surface area contributed by atoms with Crippen molar-refractivity contribution >= 4 is 12.0 Å². The Bertz CT molecular complexity index is 509. The lowest BCUT2D eigenvalue weighted by Gasteiger charge is -2.22. The first kappa shape index (κ1) is 12.5. The Kier molecular flexibility index (Phi) is 3.03. The fourth-order valence-electron chi connectivity index (χ4n) is 1.63. The molecule has 1 aliphatic rings. The first-order chi connectivity index (χ1) is 8.35. The number of hydrogen-bond acceptors (Lipinski definition) is 4. The van der Waals surface area contributed by atoms with Gasteiger partial charge in [-0.1, -0.05) is 0 Å². The van der Waals surface area contributed by atoms with E-state index in [1.807, 2.05) is 20.8 Å². The molecule has 1 aliphatic heterocycles. The van der Waals surface area contributed by atoms with E-state index in [4.69, 9.17) is 9.47 Å². The van der Waals surface area contributed by atoms with E-state index < -0.39 is 11.6 Å². The molecular formula is C14H16O4. The van der Waals surface area contributed by atoms with Gasteiger partial charge in [-0.2, -0.15) is 0 Å². The summed E-state index contributed by atoms with van der Waals surface area (Å²) in [6, 6.07) is 4.77. The Morgan fingerprint density at radius 3 is 2.78 bits per heavy atom. The first-order valence-electron chi connectivity index (χ1n) is 5.75. The molecule has 4 nitrogen and oxygen atoms in total. The molecule has 1 aromatic carbocycles. The summed E-state index contributed by atoms with van der Waals surface area (Å²) >= 11 is 0. The van der Waals surface area contributed by atoms with Crippen molar-refractivity contribution in [1.29, 1.82) is 0 Å². The zero-order chi connectivity index (χ0) is 13.3. The molecule has 0 amide bonds. The van der Waals surface area contributed by atoms with E-state index in [2.05, 4.69) is 0 Å². The van der Waals surface area contributed by atoms with Crippen LogP contribution in [0.25, 0.3) is 6.08 Å². The van der Waals surface area contributed by atoms with Crippen molar-refractivity contribution in [2.75, 3.05) is 6.61 Å². The van der Waals surface area contributed by atoms with Gasteiger partial charge in [-0.3, -0.25) is 0 Å². The minimum atomic E-state index is -0.531. The predicted molar refractivity (Wildman–Crippen MR) is 67.4 cm³/mol. The number of aromatic hydroxyl groups is 1. The first-order valence-corrected chi connectivity index (χ1v) is 5.75. The third kappa shape index (κ3) is 2.83. The Labute approximate surface area is 106 Å². The number of phenols is 1. The van der Waals surface area contributed by atoms with Gasteiger partial charge in [0.1, 0.15) is 23.7 Å². The van der Waals surface area contributed by atoms with Gasteiger partial charge in [0.05, 0.1) is 5.57 Å². The Morgan fingerprint density at radius 2 is 2.11 bits per heavy atom. The molecule has 4 heteroatoms. The number of ether oxygens (including phenoxy) is 2. The van der Waals surface area contributed by atoms with Crippen molar-refractivity contribution in [3.8, 4) is 11.5 Å². The van der Waals surface area contributed by atoms with E-state index >= 15 is 0 Å². The fourth-order valence-corrected chi connectivity index (χ4v) is 1.63. The van der Waals surface area contributed by atoms with Crippen LogP contribution in [0.3, 0.4) is 0 Å². The maximum absolute atomic E-state index is 11.9. The average Bonchev–Trinajstić information content (AvgIpc) is 2.25. The van der Waals surface area contributed by atoms with Crippen LogP contribution in [0.2, 0.25) is 0 Å². The Morgan fingerprint density at radius 1 is 1.39 bits per heavy atom. The third-order valence-corrected chi connectivity index (χ3v) is 2.37. The van der Waals surface area contributed by atoms with Gasteiger partial charge < -0.3 is 14.6 Å². The number of hydrogen-bond donors (Lipinski definition) is 1. The van der Waals surface area contributed by atoms with Crippen LogP contribution < -0.4 is 4.74 Å². The molecule has 18 heavy (non-hydrogen) atoms. The van der Waals surface area contributed by atoms with Gasteiger partial charge >= 0.3 is 5.97 Å². The van der Waals surface area contributed by atoms with Gasteiger partial charge in [-0.15, -0.1) is 0 Å². The number of fused-ring (bicyclic) bond motifs is 1. The maximum Gasteiger partial charge on any atom is 0.338 e. The average molecular weight is 248 g/mol. The smallest absolute Gasteiger partial charge is 0.338 e. The molecule has 0 spiro atoms. The molecule has 0 saturated carbocycles. The molecule has 0 radical (unpaired) electrons. The van der Waals surface area contributed by atoms with Crippen molar-refractivity contribution in [2.24, 2.45) is 0 Å². The molecular weight excluding hydrogens is 232 g/mol. The topological polar surface area (TPSA) is 55.8 Å². The molecule has 0 unspecified atom stereocenters. The molecule has 1 heterocycles. The summed E-state index contributed by atoms with van der Waals surface area (Å²) in [6.45, 7) is 5.63. The molecule has 0 atom stereocenters. The number of carbonyl (C=O) groups is 1. The van der Waals surface area contributed by atoms with Crippen LogP contribution in [-0.2, 0) is 9.53 Å². The molecule has 0 fully saturated rings. The SMILES string of the molecule is CC(C)(C)OC(=O)C1=Cc2cc(O)ccc2OC1. The summed E-state index contributed by atoms with van der Waals surface area (Å²) in [6.07, 6.45) is 1.69. The highest BCUT2D eigenvalue weighted by Crippen LogP contribution is 2.30. The molecule has 1 N–H and O–H groups in total. The summed E-state index contributed by atoms with van der Waals surface area (Å²) in [5.41, 5.74) is 0.599. The lowest BCUT2D eigenvalue weighted by atomic mass is 10.1. The molecule has 0 saturated heterocycles. The van der Waals surface area contributed by atoms with Crippen LogP contribution >= 0.6 is 0 Å². The van der Waals surface area contributed by atoms with Crippen LogP contribution in [0.4, 0.5) is 0 Å². The highest BCUT2D eigenvalue weighted by molar-refractivity contribution is 5.95. The quantitative estimate of drug-likeness (QED) is 0.776. The number of benzene rings is 1. The van der Waals surface area contributed by atoms with Gasteiger partial charge in [0.25, 0.3) is 0 Å². The van der Waals surface area contributed by atoms with Crippen molar-refractivity contribution in [1.82, 2.24) is 0 Å². The minimum Gasteiger partial charge on any atom is -0.508 e. The van der Waals surface area contributed by atoms with Crippen LogP contribution in [0.1, 0.15) is 26.3 Å². The summed E-state index contributed by atoms with van der Waals surface area (Å²) in [7, 11) is 0. The third-order valence-electron chi connectivity index (χ3n) is 2.37. The summed E-state index contributed by atoms with van der Waals surface area (Å²) in [4.78, 5) is 11.9.